The van der Waals surface area contributed by atoms with E-state index in [4.69, 9.17) is 10.5 Å². The topological polar surface area (TPSA) is 76.4 Å². The molecule has 1 aliphatic heterocycles. The highest BCUT2D eigenvalue weighted by Gasteiger charge is 2.23. The first-order chi connectivity index (χ1) is 8.97. The molecular formula is C14H21N3O2. The van der Waals surface area contributed by atoms with Crippen molar-refractivity contribution in [1.29, 1.82) is 0 Å². The fourth-order valence-corrected chi connectivity index (χ4v) is 2.00. The lowest BCUT2D eigenvalue weighted by Gasteiger charge is -2.31. The van der Waals surface area contributed by atoms with E-state index in [0.717, 1.165) is 18.5 Å². The average molecular weight is 263 g/mol. The van der Waals surface area contributed by atoms with Crippen molar-refractivity contribution < 1.29 is 9.53 Å². The third-order valence-electron chi connectivity index (χ3n) is 3.78. The van der Waals surface area contributed by atoms with E-state index in [1.54, 1.807) is 6.07 Å². The zero-order chi connectivity index (χ0) is 14.0. The molecule has 0 saturated carbocycles. The molecule has 1 aromatic carbocycles. The number of hydrogen-bond donors (Lipinski definition) is 3. The van der Waals surface area contributed by atoms with Crippen LogP contribution in [0.25, 0.3) is 0 Å². The van der Waals surface area contributed by atoms with Crippen LogP contribution in [0.5, 0.6) is 5.75 Å². The van der Waals surface area contributed by atoms with Gasteiger partial charge in [-0.15, -0.1) is 0 Å². The van der Waals surface area contributed by atoms with Crippen molar-refractivity contribution in [2.45, 2.75) is 39.2 Å². The first kappa shape index (κ1) is 13.5. The third-order valence-corrected chi connectivity index (χ3v) is 3.78. The number of carbonyl (C=O) groups excluding carboxylic acids is 1. The van der Waals surface area contributed by atoms with Gasteiger partial charge in [-0.05, 0) is 25.8 Å². The number of nitrogen functional groups attached to an aromatic ring is 1. The zero-order valence-electron chi connectivity index (χ0n) is 11.7. The van der Waals surface area contributed by atoms with Crippen LogP contribution in [0.15, 0.2) is 12.1 Å². The molecule has 2 rings (SSSR count). The summed E-state index contributed by atoms with van der Waals surface area (Å²) in [5.41, 5.74) is 8.15. The van der Waals surface area contributed by atoms with Crippen molar-refractivity contribution in [3.63, 3.8) is 0 Å². The maximum atomic E-state index is 11.3. The number of ether oxygens (including phenoxy) is 1. The number of anilines is 3. The van der Waals surface area contributed by atoms with Gasteiger partial charge in [-0.2, -0.15) is 0 Å². The Kier molecular flexibility index (Phi) is 3.55. The molecule has 0 saturated heterocycles. The minimum atomic E-state index is -0.142. The van der Waals surface area contributed by atoms with Gasteiger partial charge in [0, 0.05) is 11.6 Å². The minimum Gasteiger partial charge on any atom is -0.482 e. The molecule has 0 unspecified atom stereocenters. The lowest BCUT2D eigenvalue weighted by molar-refractivity contribution is -0.118. The van der Waals surface area contributed by atoms with E-state index in [-0.39, 0.29) is 18.1 Å². The summed E-state index contributed by atoms with van der Waals surface area (Å²) >= 11 is 0. The molecule has 0 spiro atoms. The number of amides is 1. The Morgan fingerprint density at radius 1 is 1.42 bits per heavy atom. The van der Waals surface area contributed by atoms with Crippen LogP contribution >= 0.6 is 0 Å². The first-order valence-corrected chi connectivity index (χ1v) is 6.62. The van der Waals surface area contributed by atoms with Gasteiger partial charge >= 0.3 is 0 Å². The molecule has 5 nitrogen and oxygen atoms in total. The Balaban J connectivity index is 2.31. The largest absolute Gasteiger partial charge is 0.482 e. The van der Waals surface area contributed by atoms with Crippen LogP contribution < -0.4 is 21.1 Å². The van der Waals surface area contributed by atoms with Gasteiger partial charge in [0.05, 0.1) is 17.1 Å². The maximum absolute atomic E-state index is 11.3. The number of nitrogens with two attached hydrogens (primary N) is 1. The smallest absolute Gasteiger partial charge is 0.262 e. The van der Waals surface area contributed by atoms with Crippen molar-refractivity contribution in [3.05, 3.63) is 12.1 Å². The van der Waals surface area contributed by atoms with Gasteiger partial charge in [-0.1, -0.05) is 13.8 Å². The maximum Gasteiger partial charge on any atom is 0.262 e. The van der Waals surface area contributed by atoms with Crippen molar-refractivity contribution in [2.24, 2.45) is 0 Å². The molecule has 1 aliphatic rings. The van der Waals surface area contributed by atoms with E-state index >= 15 is 0 Å². The van der Waals surface area contributed by atoms with Gasteiger partial charge < -0.3 is 21.1 Å². The molecular weight excluding hydrogens is 242 g/mol. The van der Waals surface area contributed by atoms with E-state index in [9.17, 15) is 4.79 Å². The number of carbonyl (C=O) groups is 1. The summed E-state index contributed by atoms with van der Waals surface area (Å²) in [5.74, 6) is 0.481. The number of hydrogen-bond acceptors (Lipinski definition) is 4. The Morgan fingerprint density at radius 2 is 2.11 bits per heavy atom. The molecule has 1 amide bonds. The summed E-state index contributed by atoms with van der Waals surface area (Å²) in [5, 5.41) is 6.25. The van der Waals surface area contributed by atoms with Crippen molar-refractivity contribution in [1.82, 2.24) is 0 Å². The van der Waals surface area contributed by atoms with Crippen molar-refractivity contribution in [2.75, 3.05) is 23.0 Å². The molecule has 0 atom stereocenters. The SMILES string of the molecule is CCC(C)(CC)Nc1cc2c(cc1N)OCC(=O)N2. The molecule has 5 heteroatoms. The number of rotatable bonds is 4. The van der Waals surface area contributed by atoms with Crippen LogP contribution in [0.2, 0.25) is 0 Å². The second-order valence-corrected chi connectivity index (χ2v) is 5.17. The quantitative estimate of drug-likeness (QED) is 0.730. The van der Waals surface area contributed by atoms with E-state index in [0.29, 0.717) is 17.1 Å². The summed E-state index contributed by atoms with van der Waals surface area (Å²) in [4.78, 5) is 11.3. The molecule has 104 valence electrons. The molecule has 19 heavy (non-hydrogen) atoms. The van der Waals surface area contributed by atoms with Crippen LogP contribution in [0.1, 0.15) is 33.6 Å². The number of fused-ring (bicyclic) bond motifs is 1. The van der Waals surface area contributed by atoms with Crippen molar-refractivity contribution in [3.8, 4) is 5.75 Å². The van der Waals surface area contributed by atoms with Crippen LogP contribution in [0.3, 0.4) is 0 Å². The summed E-state index contributed by atoms with van der Waals surface area (Å²) in [6, 6.07) is 3.59. The summed E-state index contributed by atoms with van der Waals surface area (Å²) < 4.78 is 5.33. The van der Waals surface area contributed by atoms with Gasteiger partial charge in [0.15, 0.2) is 6.61 Å². The summed E-state index contributed by atoms with van der Waals surface area (Å²) in [7, 11) is 0. The molecule has 4 N–H and O–H groups in total. The molecule has 0 aliphatic carbocycles. The van der Waals surface area contributed by atoms with Gasteiger partial charge in [-0.3, -0.25) is 4.79 Å². The molecule has 0 radical (unpaired) electrons. The van der Waals surface area contributed by atoms with Crippen LogP contribution in [0, 0.1) is 0 Å². The fourth-order valence-electron chi connectivity index (χ4n) is 2.00. The lowest BCUT2D eigenvalue weighted by atomic mass is 9.95. The lowest BCUT2D eigenvalue weighted by Crippen LogP contribution is -2.33. The molecule has 0 fully saturated rings. The van der Waals surface area contributed by atoms with Gasteiger partial charge in [-0.25, -0.2) is 0 Å². The minimum absolute atomic E-state index is 0.0120. The molecule has 1 heterocycles. The van der Waals surface area contributed by atoms with Crippen LogP contribution in [0.4, 0.5) is 17.1 Å². The number of nitrogens with one attached hydrogen (secondary N) is 2. The predicted molar refractivity (Wildman–Crippen MR) is 77.6 cm³/mol. The van der Waals surface area contributed by atoms with Crippen LogP contribution in [-0.4, -0.2) is 18.1 Å². The average Bonchev–Trinajstić information content (AvgIpc) is 2.40. The summed E-state index contributed by atoms with van der Waals surface area (Å²) in [6.07, 6.45) is 1.98. The predicted octanol–water partition coefficient (Wildman–Crippen LogP) is 2.59. The van der Waals surface area contributed by atoms with E-state index in [2.05, 4.69) is 31.4 Å². The van der Waals surface area contributed by atoms with Gasteiger partial charge in [0.1, 0.15) is 5.75 Å². The van der Waals surface area contributed by atoms with E-state index in [1.807, 2.05) is 6.07 Å². The zero-order valence-corrected chi connectivity index (χ0v) is 11.7. The fraction of sp³-hybridized carbons (Fsp3) is 0.500. The highest BCUT2D eigenvalue weighted by atomic mass is 16.5. The van der Waals surface area contributed by atoms with Crippen LogP contribution in [-0.2, 0) is 4.79 Å². The van der Waals surface area contributed by atoms with E-state index in [1.165, 1.54) is 0 Å². The normalized spacial score (nSPS) is 14.4. The Bertz CT molecular complexity index is 496. The van der Waals surface area contributed by atoms with E-state index < -0.39 is 0 Å². The molecule has 0 bridgehead atoms. The molecule has 0 aromatic heterocycles. The standard InChI is InChI=1S/C14H21N3O2/c1-4-14(3,5-2)17-10-7-11-12(6-9(10)15)19-8-13(18)16-11/h6-7,17H,4-5,8,15H2,1-3H3,(H,16,18). The van der Waals surface area contributed by atoms with Gasteiger partial charge in [0.25, 0.3) is 5.91 Å². The second-order valence-electron chi connectivity index (χ2n) is 5.17. The highest BCUT2D eigenvalue weighted by Crippen LogP contribution is 2.37. The monoisotopic (exact) mass is 263 g/mol. The van der Waals surface area contributed by atoms with Gasteiger partial charge in [0.2, 0.25) is 0 Å². The second kappa shape index (κ2) is 4.99. The highest BCUT2D eigenvalue weighted by molar-refractivity contribution is 5.97. The third kappa shape index (κ3) is 2.75. The van der Waals surface area contributed by atoms with Crippen molar-refractivity contribution >= 4 is 23.0 Å². The first-order valence-electron chi connectivity index (χ1n) is 6.62. The Labute approximate surface area is 113 Å². The molecule has 1 aromatic rings. The Hall–Kier alpha value is -1.91. The summed E-state index contributed by atoms with van der Waals surface area (Å²) in [6.45, 7) is 6.47. The Morgan fingerprint density at radius 3 is 2.74 bits per heavy atom. The number of benzene rings is 1.